The van der Waals surface area contributed by atoms with Gasteiger partial charge in [-0.25, -0.2) is 0 Å². The molecule has 3 aromatic rings. The third kappa shape index (κ3) is 3.43. The van der Waals surface area contributed by atoms with Crippen LogP contribution >= 0.6 is 0 Å². The Labute approximate surface area is 210 Å². The van der Waals surface area contributed by atoms with Crippen molar-refractivity contribution in [1.29, 1.82) is 5.26 Å². The van der Waals surface area contributed by atoms with Crippen LogP contribution in [0.5, 0.6) is 0 Å². The number of hydrogen-bond donors (Lipinski definition) is 0. The summed E-state index contributed by atoms with van der Waals surface area (Å²) in [6.45, 7) is 5.81. The fraction of sp³-hybridized carbons (Fsp3) is 0.267. The molecule has 6 heteroatoms. The Hall–Kier alpha value is -4.24. The molecule has 6 nitrogen and oxygen atoms in total. The normalized spacial score (nSPS) is 23.9. The number of nitriles is 1. The Morgan fingerprint density at radius 3 is 2.58 bits per heavy atom. The van der Waals surface area contributed by atoms with E-state index in [1.54, 1.807) is 25.3 Å². The number of hydrogen-bond acceptors (Lipinski definition) is 6. The third-order valence-corrected chi connectivity index (χ3v) is 7.29. The number of anilines is 1. The minimum Gasteiger partial charge on any atom is -0.465 e. The molecule has 0 amide bonds. The molecular formula is C30H27N3O3. The highest BCUT2D eigenvalue weighted by Gasteiger charge is 2.67. The molecule has 36 heavy (non-hydrogen) atoms. The quantitative estimate of drug-likeness (QED) is 0.379. The molecule has 1 aromatic heterocycles. The van der Waals surface area contributed by atoms with E-state index in [4.69, 9.17) is 4.74 Å². The lowest BCUT2D eigenvalue weighted by Crippen LogP contribution is -2.47. The van der Waals surface area contributed by atoms with E-state index in [1.165, 1.54) is 0 Å². The molecule has 0 spiro atoms. The SMILES string of the molecule is CCOC(=O)[C@]1(C#N)[C@H](c2ccc(C)cc2C)[C@H](C(=O)c2ccccc2)N2c3cccnc3C=C[C@@H]21. The first-order valence-corrected chi connectivity index (χ1v) is 12.1. The van der Waals surface area contributed by atoms with Crippen LogP contribution in [0.4, 0.5) is 5.69 Å². The van der Waals surface area contributed by atoms with Crippen LogP contribution in [-0.4, -0.2) is 35.4 Å². The average Bonchev–Trinajstić information content (AvgIpc) is 3.20. The molecule has 3 heterocycles. The molecule has 0 unspecified atom stereocenters. The molecule has 0 bridgehead atoms. The largest absolute Gasteiger partial charge is 0.465 e. The number of nitrogens with zero attached hydrogens (tertiary/aromatic N) is 3. The topological polar surface area (TPSA) is 83.3 Å². The molecule has 0 saturated carbocycles. The monoisotopic (exact) mass is 477 g/mol. The fourth-order valence-corrected chi connectivity index (χ4v) is 5.79. The first-order valence-electron chi connectivity index (χ1n) is 12.1. The molecule has 0 radical (unpaired) electrons. The van der Waals surface area contributed by atoms with E-state index < -0.39 is 29.4 Å². The van der Waals surface area contributed by atoms with Gasteiger partial charge >= 0.3 is 5.97 Å². The number of esters is 1. The second-order valence-electron chi connectivity index (χ2n) is 9.33. The molecule has 5 rings (SSSR count). The van der Waals surface area contributed by atoms with E-state index in [0.29, 0.717) is 11.3 Å². The molecular weight excluding hydrogens is 450 g/mol. The highest BCUT2D eigenvalue weighted by molar-refractivity contribution is 6.06. The maximum Gasteiger partial charge on any atom is 0.329 e. The van der Waals surface area contributed by atoms with Crippen molar-refractivity contribution in [3.8, 4) is 6.07 Å². The van der Waals surface area contributed by atoms with Crippen LogP contribution in [-0.2, 0) is 9.53 Å². The minimum atomic E-state index is -1.64. The number of aromatic nitrogens is 1. The van der Waals surface area contributed by atoms with Crippen molar-refractivity contribution in [2.75, 3.05) is 11.5 Å². The second kappa shape index (κ2) is 9.09. The van der Waals surface area contributed by atoms with E-state index in [9.17, 15) is 14.9 Å². The van der Waals surface area contributed by atoms with E-state index in [0.717, 1.165) is 22.4 Å². The fourth-order valence-electron chi connectivity index (χ4n) is 5.79. The number of carbonyl (C=O) groups excluding carboxylic acids is 2. The van der Waals surface area contributed by atoms with Gasteiger partial charge in [0, 0.05) is 17.7 Å². The van der Waals surface area contributed by atoms with Gasteiger partial charge in [-0.15, -0.1) is 0 Å². The zero-order chi connectivity index (χ0) is 25.4. The number of ketones is 1. The Morgan fingerprint density at radius 1 is 1.11 bits per heavy atom. The lowest BCUT2D eigenvalue weighted by atomic mass is 9.67. The van der Waals surface area contributed by atoms with E-state index in [-0.39, 0.29) is 12.4 Å². The number of rotatable bonds is 5. The molecule has 2 aliphatic heterocycles. The van der Waals surface area contributed by atoms with Gasteiger partial charge in [0.15, 0.2) is 11.2 Å². The summed E-state index contributed by atoms with van der Waals surface area (Å²) in [7, 11) is 0. The molecule has 4 atom stereocenters. The number of fused-ring (bicyclic) bond motifs is 3. The van der Waals surface area contributed by atoms with Crippen LogP contribution in [0.1, 0.15) is 45.6 Å². The van der Waals surface area contributed by atoms with E-state index in [1.807, 2.05) is 79.4 Å². The Kier molecular flexibility index (Phi) is 5.93. The molecule has 1 fully saturated rings. The van der Waals surface area contributed by atoms with Gasteiger partial charge in [-0.3, -0.25) is 14.6 Å². The number of benzene rings is 2. The molecule has 2 aliphatic rings. The first-order chi connectivity index (χ1) is 17.4. The average molecular weight is 478 g/mol. The molecule has 0 N–H and O–H groups in total. The molecule has 1 saturated heterocycles. The summed E-state index contributed by atoms with van der Waals surface area (Å²) in [6.07, 6.45) is 5.35. The zero-order valence-electron chi connectivity index (χ0n) is 20.5. The minimum absolute atomic E-state index is 0.133. The number of aryl methyl sites for hydroxylation is 2. The highest BCUT2D eigenvalue weighted by Crippen LogP contribution is 2.56. The van der Waals surface area contributed by atoms with Crippen molar-refractivity contribution in [3.05, 3.63) is 101 Å². The summed E-state index contributed by atoms with van der Waals surface area (Å²) >= 11 is 0. The van der Waals surface area contributed by atoms with Gasteiger partial charge < -0.3 is 9.64 Å². The van der Waals surface area contributed by atoms with Crippen LogP contribution in [0.25, 0.3) is 6.08 Å². The standard InChI is InChI=1S/C30H27N3O3/c1-4-36-29(35)30(18-31)25-15-14-23-24(11-8-16-32-23)33(25)27(28(34)21-9-6-5-7-10-21)26(30)22-13-12-19(2)17-20(22)3/h5-17,25-27H,4H2,1-3H3/t25-,26-,27-,30+/m1/s1. The molecule has 0 aliphatic carbocycles. The van der Waals surface area contributed by atoms with Crippen molar-refractivity contribution < 1.29 is 14.3 Å². The van der Waals surface area contributed by atoms with Crippen LogP contribution in [0, 0.1) is 30.6 Å². The second-order valence-corrected chi connectivity index (χ2v) is 9.33. The van der Waals surface area contributed by atoms with Crippen molar-refractivity contribution in [2.24, 2.45) is 5.41 Å². The van der Waals surface area contributed by atoms with Crippen LogP contribution < -0.4 is 4.90 Å². The Balaban J connectivity index is 1.84. The van der Waals surface area contributed by atoms with Crippen LogP contribution in [0.15, 0.2) is 72.9 Å². The van der Waals surface area contributed by atoms with Crippen molar-refractivity contribution in [3.63, 3.8) is 0 Å². The summed E-state index contributed by atoms with van der Waals surface area (Å²) in [6, 6.07) is 19.5. The van der Waals surface area contributed by atoms with Crippen LogP contribution in [0.2, 0.25) is 0 Å². The van der Waals surface area contributed by atoms with Gasteiger partial charge in [-0.1, -0.05) is 60.2 Å². The first kappa shape index (κ1) is 23.5. The van der Waals surface area contributed by atoms with Gasteiger partial charge in [0.2, 0.25) is 0 Å². The number of Topliss-reactive ketones (excluding diaryl/α,β-unsaturated/α-hetero) is 1. The third-order valence-electron chi connectivity index (χ3n) is 7.29. The Morgan fingerprint density at radius 2 is 1.89 bits per heavy atom. The number of carbonyl (C=O) groups is 2. The van der Waals surface area contributed by atoms with Gasteiger partial charge in [-0.05, 0) is 50.1 Å². The number of pyridine rings is 1. The summed E-state index contributed by atoms with van der Waals surface area (Å²) < 4.78 is 5.56. The van der Waals surface area contributed by atoms with Gasteiger partial charge in [0.25, 0.3) is 0 Å². The molecule has 180 valence electrons. The maximum atomic E-state index is 14.3. The summed E-state index contributed by atoms with van der Waals surface area (Å²) in [5.41, 5.74) is 3.06. The van der Waals surface area contributed by atoms with E-state index >= 15 is 0 Å². The zero-order valence-corrected chi connectivity index (χ0v) is 20.5. The predicted molar refractivity (Wildman–Crippen MR) is 137 cm³/mol. The summed E-state index contributed by atoms with van der Waals surface area (Å²) in [4.78, 5) is 34.5. The summed E-state index contributed by atoms with van der Waals surface area (Å²) in [5, 5.41) is 10.8. The maximum absolute atomic E-state index is 14.3. The van der Waals surface area contributed by atoms with Crippen molar-refractivity contribution >= 4 is 23.5 Å². The van der Waals surface area contributed by atoms with Crippen molar-refractivity contribution in [2.45, 2.75) is 38.8 Å². The van der Waals surface area contributed by atoms with Crippen LogP contribution in [0.3, 0.4) is 0 Å². The van der Waals surface area contributed by atoms with Gasteiger partial charge in [0.1, 0.15) is 6.04 Å². The van der Waals surface area contributed by atoms with E-state index in [2.05, 4.69) is 11.1 Å². The number of ether oxygens (including phenoxy) is 1. The lowest BCUT2D eigenvalue weighted by molar-refractivity contribution is -0.152. The smallest absolute Gasteiger partial charge is 0.329 e. The van der Waals surface area contributed by atoms with Gasteiger partial charge in [-0.2, -0.15) is 5.26 Å². The van der Waals surface area contributed by atoms with Crippen molar-refractivity contribution in [1.82, 2.24) is 4.98 Å². The highest BCUT2D eigenvalue weighted by atomic mass is 16.5. The molecule has 2 aromatic carbocycles. The Bertz CT molecular complexity index is 1410. The predicted octanol–water partition coefficient (Wildman–Crippen LogP) is 5.02. The summed E-state index contributed by atoms with van der Waals surface area (Å²) in [5.74, 6) is -1.54. The lowest BCUT2D eigenvalue weighted by Gasteiger charge is -2.35. The van der Waals surface area contributed by atoms with Gasteiger partial charge in [0.05, 0.1) is 30.1 Å².